The van der Waals surface area contributed by atoms with Crippen molar-refractivity contribution >= 4 is 65.6 Å². The minimum atomic E-state index is 0.646. The van der Waals surface area contributed by atoms with Gasteiger partial charge >= 0.3 is 0 Å². The second-order valence-corrected chi connectivity index (χ2v) is 10.8. The number of hydrogen-bond donors (Lipinski definition) is 0. The molecule has 3 heterocycles. The van der Waals surface area contributed by atoms with Gasteiger partial charge in [0.2, 0.25) is 0 Å². The van der Waals surface area contributed by atoms with Crippen molar-refractivity contribution < 1.29 is 4.42 Å². The molecule has 43 heavy (non-hydrogen) atoms. The number of fused-ring (bicyclic) bond motifs is 9. The van der Waals surface area contributed by atoms with Gasteiger partial charge in [-0.2, -0.15) is 5.26 Å². The van der Waals surface area contributed by atoms with Crippen molar-refractivity contribution in [2.75, 3.05) is 0 Å². The van der Waals surface area contributed by atoms with Crippen molar-refractivity contribution in [2.24, 2.45) is 0 Å². The standard InChI is InChI=1S/C39H21N3O/c1-2-24-17-19-34-29(21-24)26-9-4-6-13-32(26)42(34)36-15-7-11-28-38-35(14-8-16-37(38)43-39(28)36)41-31-12-5-3-10-27(31)30-22-25(23-40)18-20-33(30)41/h1,3-22H. The third-order valence-electron chi connectivity index (χ3n) is 8.60. The molecule has 0 amide bonds. The van der Waals surface area contributed by atoms with Crippen molar-refractivity contribution in [3.63, 3.8) is 0 Å². The fraction of sp³-hybridized carbons (Fsp3) is 0. The number of nitrogens with zero attached hydrogens (tertiary/aromatic N) is 3. The first kappa shape index (κ1) is 23.5. The molecule has 0 spiro atoms. The minimum Gasteiger partial charge on any atom is -0.454 e. The molecule has 0 saturated heterocycles. The number of benzene rings is 6. The molecule has 0 radical (unpaired) electrons. The average Bonchev–Trinajstić information content (AvgIpc) is 3.72. The molecule has 0 fully saturated rings. The van der Waals surface area contributed by atoms with Crippen molar-refractivity contribution in [2.45, 2.75) is 0 Å². The van der Waals surface area contributed by atoms with Gasteiger partial charge in [0.25, 0.3) is 0 Å². The summed E-state index contributed by atoms with van der Waals surface area (Å²) >= 11 is 0. The van der Waals surface area contributed by atoms with Gasteiger partial charge in [0.1, 0.15) is 5.58 Å². The van der Waals surface area contributed by atoms with E-state index in [9.17, 15) is 5.26 Å². The Bertz CT molecular complexity index is 2700. The van der Waals surface area contributed by atoms with E-state index in [1.165, 1.54) is 0 Å². The highest BCUT2D eigenvalue weighted by Crippen LogP contribution is 2.42. The van der Waals surface area contributed by atoms with Crippen molar-refractivity contribution in [1.29, 1.82) is 5.26 Å². The van der Waals surface area contributed by atoms with Crippen molar-refractivity contribution in [1.82, 2.24) is 9.13 Å². The zero-order valence-corrected chi connectivity index (χ0v) is 22.9. The van der Waals surface area contributed by atoms with Gasteiger partial charge in [-0.15, -0.1) is 6.42 Å². The van der Waals surface area contributed by atoms with Crippen LogP contribution in [-0.2, 0) is 0 Å². The summed E-state index contributed by atoms with van der Waals surface area (Å²) in [5, 5.41) is 16.1. The average molecular weight is 548 g/mol. The third kappa shape index (κ3) is 3.15. The minimum absolute atomic E-state index is 0.646. The predicted octanol–water partition coefficient (Wildman–Crippen LogP) is 9.63. The molecule has 0 unspecified atom stereocenters. The summed E-state index contributed by atoms with van der Waals surface area (Å²) in [6.45, 7) is 0. The number of aromatic nitrogens is 2. The monoisotopic (exact) mass is 547 g/mol. The van der Waals surface area contributed by atoms with Crippen LogP contribution in [-0.4, -0.2) is 9.13 Å². The normalized spacial score (nSPS) is 11.7. The van der Waals surface area contributed by atoms with E-state index in [1.54, 1.807) is 0 Å². The van der Waals surface area contributed by atoms with Crippen LogP contribution in [0.1, 0.15) is 11.1 Å². The molecule has 0 aliphatic carbocycles. The van der Waals surface area contributed by atoms with Crippen LogP contribution in [0, 0.1) is 23.7 Å². The van der Waals surface area contributed by atoms with Crippen LogP contribution in [0.4, 0.5) is 0 Å². The molecule has 198 valence electrons. The molecule has 9 rings (SSSR count). The topological polar surface area (TPSA) is 46.8 Å². The summed E-state index contributed by atoms with van der Waals surface area (Å²) in [4.78, 5) is 0. The summed E-state index contributed by atoms with van der Waals surface area (Å²) in [5.74, 6) is 2.79. The van der Waals surface area contributed by atoms with Crippen LogP contribution in [0.25, 0.3) is 76.9 Å². The number of terminal acetylenes is 1. The van der Waals surface area contributed by atoms with Gasteiger partial charge in [0, 0.05) is 32.5 Å². The van der Waals surface area contributed by atoms with Crippen LogP contribution in [0.3, 0.4) is 0 Å². The summed E-state index contributed by atoms with van der Waals surface area (Å²) < 4.78 is 11.3. The van der Waals surface area contributed by atoms with Crippen LogP contribution in [0.15, 0.2) is 126 Å². The predicted molar refractivity (Wildman–Crippen MR) is 175 cm³/mol. The maximum Gasteiger partial charge on any atom is 0.159 e. The van der Waals surface area contributed by atoms with E-state index in [-0.39, 0.29) is 0 Å². The van der Waals surface area contributed by atoms with E-state index in [2.05, 4.69) is 100.0 Å². The Morgan fingerprint density at radius 2 is 1.09 bits per heavy atom. The summed E-state index contributed by atoms with van der Waals surface area (Å²) in [7, 11) is 0. The van der Waals surface area contributed by atoms with E-state index in [0.29, 0.717) is 5.56 Å². The zero-order valence-electron chi connectivity index (χ0n) is 22.9. The molecule has 0 bridgehead atoms. The molecule has 0 aliphatic rings. The lowest BCUT2D eigenvalue weighted by Gasteiger charge is -2.10. The molecule has 6 aromatic carbocycles. The molecule has 4 nitrogen and oxygen atoms in total. The Morgan fingerprint density at radius 3 is 1.79 bits per heavy atom. The molecule has 0 atom stereocenters. The first-order chi connectivity index (χ1) is 21.2. The molecular formula is C39H21N3O. The smallest absolute Gasteiger partial charge is 0.159 e. The van der Waals surface area contributed by atoms with E-state index in [1.807, 2.05) is 42.5 Å². The van der Waals surface area contributed by atoms with Gasteiger partial charge in [0.05, 0.1) is 50.5 Å². The lowest BCUT2D eigenvalue weighted by Crippen LogP contribution is -1.95. The van der Waals surface area contributed by atoms with E-state index >= 15 is 0 Å². The fourth-order valence-corrected chi connectivity index (χ4v) is 6.80. The Hall–Kier alpha value is -6.23. The number of rotatable bonds is 2. The summed E-state index contributed by atoms with van der Waals surface area (Å²) in [6, 6.07) is 43.8. The van der Waals surface area contributed by atoms with E-state index < -0.39 is 0 Å². The fourth-order valence-electron chi connectivity index (χ4n) is 6.80. The van der Waals surface area contributed by atoms with Crippen LogP contribution in [0.5, 0.6) is 0 Å². The summed E-state index contributed by atoms with van der Waals surface area (Å²) in [6.07, 6.45) is 5.77. The molecule has 4 heteroatoms. The Kier molecular flexibility index (Phi) is 4.71. The highest BCUT2D eigenvalue weighted by atomic mass is 16.3. The van der Waals surface area contributed by atoms with Crippen LogP contribution in [0.2, 0.25) is 0 Å². The molecule has 9 aromatic rings. The van der Waals surface area contributed by atoms with Crippen molar-refractivity contribution in [3.05, 3.63) is 132 Å². The maximum absolute atomic E-state index is 9.61. The van der Waals surface area contributed by atoms with Gasteiger partial charge < -0.3 is 13.6 Å². The Labute approximate surface area is 246 Å². The zero-order chi connectivity index (χ0) is 28.7. The molecule has 3 aromatic heterocycles. The number of nitriles is 1. The number of hydrogen-bond acceptors (Lipinski definition) is 2. The quantitative estimate of drug-likeness (QED) is 0.202. The first-order valence-corrected chi connectivity index (χ1v) is 14.1. The Balaban J connectivity index is 1.39. The van der Waals surface area contributed by atoms with Crippen molar-refractivity contribution in [3.8, 4) is 29.8 Å². The second kappa shape index (κ2) is 8.63. The maximum atomic E-state index is 9.61. The summed E-state index contributed by atoms with van der Waals surface area (Å²) in [5.41, 5.74) is 9.44. The second-order valence-electron chi connectivity index (χ2n) is 10.8. The lowest BCUT2D eigenvalue weighted by atomic mass is 10.1. The third-order valence-corrected chi connectivity index (χ3v) is 8.60. The number of para-hydroxylation sites is 3. The van der Waals surface area contributed by atoms with Crippen LogP contribution < -0.4 is 0 Å². The number of furan rings is 1. The largest absolute Gasteiger partial charge is 0.454 e. The van der Waals surface area contributed by atoms with Gasteiger partial charge in [-0.1, -0.05) is 60.5 Å². The van der Waals surface area contributed by atoms with Gasteiger partial charge in [-0.05, 0) is 66.7 Å². The van der Waals surface area contributed by atoms with Gasteiger partial charge in [0.15, 0.2) is 5.58 Å². The molecular weight excluding hydrogens is 526 g/mol. The first-order valence-electron chi connectivity index (χ1n) is 14.1. The van der Waals surface area contributed by atoms with E-state index in [4.69, 9.17) is 10.8 Å². The lowest BCUT2D eigenvalue weighted by molar-refractivity contribution is 0.666. The molecule has 0 N–H and O–H groups in total. The van der Waals surface area contributed by atoms with Crippen LogP contribution >= 0.6 is 0 Å². The molecule has 0 aliphatic heterocycles. The molecule has 0 saturated carbocycles. The Morgan fingerprint density at radius 1 is 0.535 bits per heavy atom. The van der Waals surface area contributed by atoms with Gasteiger partial charge in [-0.3, -0.25) is 0 Å². The SMILES string of the molecule is C#Cc1ccc2c(c1)c1ccccc1n2-c1cccc2c1oc1cccc(-n3c4ccccc4c4cc(C#N)ccc43)c12. The highest BCUT2D eigenvalue weighted by Gasteiger charge is 2.21. The highest BCUT2D eigenvalue weighted by molar-refractivity contribution is 6.17. The van der Waals surface area contributed by atoms with E-state index in [0.717, 1.165) is 82.5 Å². The van der Waals surface area contributed by atoms with Gasteiger partial charge in [-0.25, -0.2) is 0 Å².